The fourth-order valence-electron chi connectivity index (χ4n) is 8.31. The smallest absolute Gasteiger partial charge is 0.326 e. The van der Waals surface area contributed by atoms with E-state index in [0.717, 1.165) is 16.5 Å². The predicted molar refractivity (Wildman–Crippen MR) is 277 cm³/mol. The number of fused-ring (bicyclic) bond motifs is 3. The van der Waals surface area contributed by atoms with Crippen LogP contribution in [-0.2, 0) is 64.2 Å². The molecule has 2 heterocycles. The third-order valence-electron chi connectivity index (χ3n) is 12.4. The number of aromatic nitrogens is 1. The maximum atomic E-state index is 15.1. The van der Waals surface area contributed by atoms with E-state index in [0.29, 0.717) is 29.7 Å². The third kappa shape index (κ3) is 15.2. The van der Waals surface area contributed by atoms with Crippen molar-refractivity contribution < 1.29 is 48.6 Å². The summed E-state index contributed by atoms with van der Waals surface area (Å²) in [6, 6.07) is 12.4. The van der Waals surface area contributed by atoms with Gasteiger partial charge in [-0.1, -0.05) is 74.5 Å². The van der Waals surface area contributed by atoms with Crippen LogP contribution in [0.1, 0.15) is 62.4 Å². The first-order valence-corrected chi connectivity index (χ1v) is 25.0. The van der Waals surface area contributed by atoms with E-state index in [4.69, 9.17) is 11.5 Å². The van der Waals surface area contributed by atoms with Crippen molar-refractivity contribution in [2.45, 2.75) is 114 Å². The van der Waals surface area contributed by atoms with Crippen LogP contribution in [0.25, 0.3) is 10.9 Å². The number of hydrogen-bond donors (Lipinski definition) is 13. The minimum Gasteiger partial charge on any atom is -0.508 e. The van der Waals surface area contributed by atoms with Gasteiger partial charge in [-0.25, -0.2) is 4.79 Å². The number of nitrogens with two attached hydrogens (primary N) is 2. The third-order valence-corrected chi connectivity index (χ3v) is 13.1. The maximum Gasteiger partial charge on any atom is 0.326 e. The van der Waals surface area contributed by atoms with Crippen LogP contribution in [0.2, 0.25) is 0 Å². The van der Waals surface area contributed by atoms with E-state index >= 15 is 4.79 Å². The lowest BCUT2D eigenvalue weighted by Crippen LogP contribution is -2.62. The molecule has 20 nitrogen and oxygen atoms in total. The molecule has 13 N–H and O–H groups in total. The molecule has 8 atom stereocenters. The standard InChI is InChI=1S/C50H66N10O10S2/c1-27(2)42(50(69)70)59-47(66)40(26-72)58-45(64)36(21-30-16-18-31(61)19-17-30)55-44(63)35(15-9-10-20-51)54-48(67)41-23-33-32-13-7-8-14-34(32)53-38(33)24-60(41)49(68)37(22-29-11-5-4-6-12-29)56-46(65)39(25-71)57-43(62)28(3)52/h4-8,11-14,16-19,27-28,35-37,39-42,53,61,71-72H,9-10,15,20-26,51-52H2,1-3H3,(H,54,67)(H,55,63)(H,56,65)(H,57,62)(H,58,64)(H,59,66)(H,69,70)/t28-,35-,36-,37-,39-,40-,41?,42-/m0/s1. The van der Waals surface area contributed by atoms with Crippen LogP contribution in [0.5, 0.6) is 5.75 Å². The van der Waals surface area contributed by atoms with Gasteiger partial charge in [0.2, 0.25) is 41.4 Å². The molecular weight excluding hydrogens is 965 g/mol. The minimum atomic E-state index is -1.38. The highest BCUT2D eigenvalue weighted by atomic mass is 32.1. The van der Waals surface area contributed by atoms with Gasteiger partial charge in [-0.2, -0.15) is 25.3 Å². The highest BCUT2D eigenvalue weighted by Crippen LogP contribution is 2.31. The lowest BCUT2D eigenvalue weighted by Gasteiger charge is -2.38. The number of para-hydroxylation sites is 1. The van der Waals surface area contributed by atoms with Gasteiger partial charge in [-0.3, -0.25) is 33.6 Å². The van der Waals surface area contributed by atoms with E-state index in [1.807, 2.05) is 24.3 Å². The van der Waals surface area contributed by atoms with E-state index in [-0.39, 0.29) is 56.0 Å². The maximum absolute atomic E-state index is 15.1. The van der Waals surface area contributed by atoms with Crippen LogP contribution >= 0.6 is 25.3 Å². The number of phenolic OH excluding ortho intramolecular Hbond substituents is 1. The Morgan fingerprint density at radius 3 is 1.83 bits per heavy atom. The molecule has 7 amide bonds. The molecule has 72 heavy (non-hydrogen) atoms. The molecule has 1 aliphatic heterocycles. The number of nitrogens with zero attached hydrogens (tertiary/aromatic N) is 1. The van der Waals surface area contributed by atoms with Crippen LogP contribution in [0.15, 0.2) is 78.9 Å². The zero-order valence-corrected chi connectivity index (χ0v) is 42.2. The van der Waals surface area contributed by atoms with E-state index < -0.39 is 102 Å². The summed E-state index contributed by atoms with van der Waals surface area (Å²) in [5, 5.41) is 36.5. The topological polar surface area (TPSA) is 320 Å². The number of rotatable bonds is 25. The molecule has 0 saturated heterocycles. The molecule has 1 aliphatic rings. The molecule has 0 fully saturated rings. The summed E-state index contributed by atoms with van der Waals surface area (Å²) in [5.74, 6) is -7.23. The van der Waals surface area contributed by atoms with Gasteiger partial charge < -0.3 is 63.5 Å². The Balaban J connectivity index is 1.48. The van der Waals surface area contributed by atoms with Gasteiger partial charge in [0.25, 0.3) is 0 Å². The number of aliphatic carboxylic acids is 1. The molecule has 5 rings (SSSR count). The molecule has 0 saturated carbocycles. The Kier molecular flexibility index (Phi) is 20.9. The average Bonchev–Trinajstić information content (AvgIpc) is 3.73. The minimum absolute atomic E-state index is 0.00144. The number of benzene rings is 3. The first-order chi connectivity index (χ1) is 34.3. The van der Waals surface area contributed by atoms with Gasteiger partial charge in [0, 0.05) is 47.4 Å². The summed E-state index contributed by atoms with van der Waals surface area (Å²) in [6.07, 6.45) is 0.747. The average molecular weight is 1030 g/mol. The van der Waals surface area contributed by atoms with Gasteiger partial charge in [0.15, 0.2) is 0 Å². The van der Waals surface area contributed by atoms with Crippen molar-refractivity contribution in [2.75, 3.05) is 18.1 Å². The van der Waals surface area contributed by atoms with Crippen molar-refractivity contribution >= 4 is 83.5 Å². The Bertz CT molecular complexity index is 2540. The molecule has 1 aromatic heterocycles. The number of unbranched alkanes of at least 4 members (excludes halogenated alkanes) is 1. The molecule has 0 radical (unpaired) electrons. The summed E-state index contributed by atoms with van der Waals surface area (Å²) in [7, 11) is 0. The van der Waals surface area contributed by atoms with Gasteiger partial charge in [-0.15, -0.1) is 0 Å². The van der Waals surface area contributed by atoms with Crippen molar-refractivity contribution in [1.82, 2.24) is 41.8 Å². The fourth-order valence-corrected chi connectivity index (χ4v) is 8.82. The van der Waals surface area contributed by atoms with Crippen LogP contribution in [-0.4, -0.2) is 134 Å². The van der Waals surface area contributed by atoms with Gasteiger partial charge in [-0.05, 0) is 73.5 Å². The van der Waals surface area contributed by atoms with Crippen LogP contribution in [0.3, 0.4) is 0 Å². The fraction of sp³-hybridized carbons (Fsp3) is 0.440. The number of aromatic hydroxyl groups is 1. The largest absolute Gasteiger partial charge is 0.508 e. The van der Waals surface area contributed by atoms with Crippen LogP contribution < -0.4 is 43.4 Å². The van der Waals surface area contributed by atoms with E-state index in [9.17, 15) is 43.8 Å². The van der Waals surface area contributed by atoms with Crippen molar-refractivity contribution in [3.05, 3.63) is 101 Å². The second-order valence-corrected chi connectivity index (χ2v) is 18.9. The van der Waals surface area contributed by atoms with Crippen LogP contribution in [0, 0.1) is 5.92 Å². The number of carboxylic acids is 1. The second-order valence-electron chi connectivity index (χ2n) is 18.2. The van der Waals surface area contributed by atoms with Gasteiger partial charge >= 0.3 is 5.97 Å². The quantitative estimate of drug-likeness (QED) is 0.0321. The molecular formula is C50H66N10O10S2. The van der Waals surface area contributed by atoms with Crippen molar-refractivity contribution in [2.24, 2.45) is 17.4 Å². The van der Waals surface area contributed by atoms with Crippen LogP contribution in [0.4, 0.5) is 0 Å². The molecule has 0 aliphatic carbocycles. The Morgan fingerprint density at radius 2 is 1.22 bits per heavy atom. The summed E-state index contributed by atoms with van der Waals surface area (Å²) >= 11 is 8.52. The molecule has 22 heteroatoms. The lowest BCUT2D eigenvalue weighted by atomic mass is 9.93. The first kappa shape index (κ1) is 56.3. The Labute approximate surface area is 428 Å². The number of amides is 7. The van der Waals surface area contributed by atoms with Crippen molar-refractivity contribution in [1.29, 1.82) is 0 Å². The SMILES string of the molecule is CC(C)[C@H](NC(=O)[C@H](CS)NC(=O)[C@H](Cc1ccc(O)cc1)NC(=O)[C@H](CCCCN)NC(=O)C1Cc2c([nH]c3ccccc23)CN1C(=O)[C@H](Cc1ccccc1)NC(=O)[C@H](CS)NC(=O)[C@H](C)N)C(=O)O. The monoisotopic (exact) mass is 1030 g/mol. The molecule has 3 aromatic carbocycles. The zero-order valence-electron chi connectivity index (χ0n) is 40.4. The molecule has 4 aromatic rings. The molecule has 388 valence electrons. The first-order valence-electron chi connectivity index (χ1n) is 23.8. The number of aromatic amines is 1. The van der Waals surface area contributed by atoms with Gasteiger partial charge in [0.1, 0.15) is 48.0 Å². The predicted octanol–water partition coefficient (Wildman–Crippen LogP) is 0.597. The number of carbonyl (C=O) groups is 8. The lowest BCUT2D eigenvalue weighted by molar-refractivity contribution is -0.145. The Morgan fingerprint density at radius 1 is 0.681 bits per heavy atom. The van der Waals surface area contributed by atoms with E-state index in [2.05, 4.69) is 62.1 Å². The normalized spacial score (nSPS) is 16.2. The highest BCUT2D eigenvalue weighted by Gasteiger charge is 2.41. The number of phenols is 1. The summed E-state index contributed by atoms with van der Waals surface area (Å²) < 4.78 is 0. The summed E-state index contributed by atoms with van der Waals surface area (Å²) in [4.78, 5) is 115. The summed E-state index contributed by atoms with van der Waals surface area (Å²) in [6.45, 7) is 4.86. The number of carbonyl (C=O) groups excluding carboxylic acids is 7. The number of H-pyrrole nitrogens is 1. The van der Waals surface area contributed by atoms with Gasteiger partial charge in [0.05, 0.1) is 12.6 Å². The van der Waals surface area contributed by atoms with E-state index in [1.165, 1.54) is 24.0 Å². The second kappa shape index (κ2) is 26.7. The number of carboxylic acid groups (broad SMARTS) is 1. The number of nitrogens with one attached hydrogen (secondary N) is 7. The number of thiol groups is 2. The summed E-state index contributed by atoms with van der Waals surface area (Å²) in [5.41, 5.74) is 15.0. The molecule has 1 unspecified atom stereocenters. The highest BCUT2D eigenvalue weighted by molar-refractivity contribution is 7.80. The number of hydrogen-bond acceptors (Lipinski definition) is 13. The van der Waals surface area contributed by atoms with E-state index in [1.54, 1.807) is 56.3 Å². The molecule has 0 spiro atoms. The molecule has 0 bridgehead atoms. The Hall–Kier alpha value is -6.62. The van der Waals surface area contributed by atoms with Crippen molar-refractivity contribution in [3.8, 4) is 5.75 Å². The zero-order chi connectivity index (χ0) is 52.6. The van der Waals surface area contributed by atoms with Crippen molar-refractivity contribution in [3.63, 3.8) is 0 Å².